The summed E-state index contributed by atoms with van der Waals surface area (Å²) < 4.78 is 14.4. The summed E-state index contributed by atoms with van der Waals surface area (Å²) >= 11 is 3.30. The number of hydrogen-bond donors (Lipinski definition) is 1. The van der Waals surface area contributed by atoms with Crippen LogP contribution in [0.3, 0.4) is 0 Å². The Bertz CT molecular complexity index is 445. The molecule has 1 aromatic carbocycles. The van der Waals surface area contributed by atoms with E-state index in [-0.39, 0.29) is 18.4 Å². The summed E-state index contributed by atoms with van der Waals surface area (Å²) in [6.07, 6.45) is 4.48. The fourth-order valence-corrected chi connectivity index (χ4v) is 2.64. The van der Waals surface area contributed by atoms with Gasteiger partial charge in [0.2, 0.25) is 0 Å². The molecule has 1 saturated heterocycles. The highest BCUT2D eigenvalue weighted by Gasteiger charge is 2.15. The van der Waals surface area contributed by atoms with Crippen LogP contribution < -0.4 is 5.32 Å². The number of carbonyl (C=O) groups excluding carboxylic acids is 1. The van der Waals surface area contributed by atoms with Crippen molar-refractivity contribution in [1.82, 2.24) is 10.2 Å². The van der Waals surface area contributed by atoms with E-state index in [1.165, 1.54) is 18.9 Å². The molecule has 5 heteroatoms. The molecule has 0 saturated carbocycles. The summed E-state index contributed by atoms with van der Waals surface area (Å²) in [5, 5.41) is 2.79. The first-order valence-corrected chi connectivity index (χ1v) is 7.43. The van der Waals surface area contributed by atoms with Crippen LogP contribution in [0.4, 0.5) is 9.18 Å². The summed E-state index contributed by atoms with van der Waals surface area (Å²) in [7, 11) is 0. The first-order chi connectivity index (χ1) is 9.16. The molecule has 1 N–H and O–H groups in total. The Kier molecular flexibility index (Phi) is 5.19. The highest BCUT2D eigenvalue weighted by molar-refractivity contribution is 9.10. The molecule has 0 aromatic heterocycles. The summed E-state index contributed by atoms with van der Waals surface area (Å²) in [5.41, 5.74) is 0.498. The number of urea groups is 1. The fourth-order valence-electron chi connectivity index (χ4n) is 2.24. The van der Waals surface area contributed by atoms with E-state index in [1.54, 1.807) is 12.1 Å². The maximum Gasteiger partial charge on any atom is 0.317 e. The minimum Gasteiger partial charge on any atom is -0.334 e. The zero-order valence-electron chi connectivity index (χ0n) is 10.8. The third kappa shape index (κ3) is 4.20. The van der Waals surface area contributed by atoms with E-state index >= 15 is 0 Å². The third-order valence-electron chi connectivity index (χ3n) is 3.33. The molecule has 1 fully saturated rings. The molecule has 1 aliphatic rings. The maximum atomic E-state index is 13.5. The van der Waals surface area contributed by atoms with Crippen LogP contribution in [0.2, 0.25) is 0 Å². The second-order valence-corrected chi connectivity index (χ2v) is 5.71. The number of carbonyl (C=O) groups is 1. The van der Waals surface area contributed by atoms with Crippen LogP contribution >= 0.6 is 15.9 Å². The molecule has 1 heterocycles. The maximum absolute atomic E-state index is 13.5. The second-order valence-electron chi connectivity index (χ2n) is 4.80. The standard InChI is InChI=1S/C14H18BrFN2O/c15-12-5-6-13(16)11(9-12)10-17-14(19)18-7-3-1-2-4-8-18/h5-6,9H,1-4,7-8,10H2,(H,17,19). The Morgan fingerprint density at radius 2 is 1.95 bits per heavy atom. The number of amides is 2. The van der Waals surface area contributed by atoms with Gasteiger partial charge in [-0.25, -0.2) is 9.18 Å². The van der Waals surface area contributed by atoms with Gasteiger partial charge in [0.05, 0.1) is 0 Å². The van der Waals surface area contributed by atoms with Gasteiger partial charge in [0, 0.05) is 29.7 Å². The Balaban J connectivity index is 1.90. The average Bonchev–Trinajstić information content (AvgIpc) is 2.68. The van der Waals surface area contributed by atoms with Gasteiger partial charge in [0.1, 0.15) is 5.82 Å². The SMILES string of the molecule is O=C(NCc1cc(Br)ccc1F)N1CCCCCC1. The highest BCUT2D eigenvalue weighted by Crippen LogP contribution is 2.15. The number of rotatable bonds is 2. The van der Waals surface area contributed by atoms with Crippen molar-refractivity contribution in [2.45, 2.75) is 32.2 Å². The smallest absolute Gasteiger partial charge is 0.317 e. The van der Waals surface area contributed by atoms with Crippen molar-refractivity contribution in [3.05, 3.63) is 34.1 Å². The van der Waals surface area contributed by atoms with E-state index in [1.807, 2.05) is 4.90 Å². The van der Waals surface area contributed by atoms with Gasteiger partial charge in [-0.05, 0) is 31.0 Å². The van der Waals surface area contributed by atoms with E-state index < -0.39 is 0 Å². The van der Waals surface area contributed by atoms with Crippen molar-refractivity contribution in [3.8, 4) is 0 Å². The molecule has 0 aliphatic carbocycles. The fraction of sp³-hybridized carbons (Fsp3) is 0.500. The van der Waals surface area contributed by atoms with Crippen molar-refractivity contribution in [2.24, 2.45) is 0 Å². The molecule has 3 nitrogen and oxygen atoms in total. The summed E-state index contributed by atoms with van der Waals surface area (Å²) in [4.78, 5) is 13.8. The van der Waals surface area contributed by atoms with Crippen LogP contribution in [0.5, 0.6) is 0 Å². The Morgan fingerprint density at radius 1 is 1.26 bits per heavy atom. The largest absolute Gasteiger partial charge is 0.334 e. The van der Waals surface area contributed by atoms with E-state index in [0.29, 0.717) is 5.56 Å². The van der Waals surface area contributed by atoms with Crippen molar-refractivity contribution in [2.75, 3.05) is 13.1 Å². The molecule has 0 bridgehead atoms. The summed E-state index contributed by atoms with van der Waals surface area (Å²) in [6.45, 7) is 1.82. The first kappa shape index (κ1) is 14.3. The van der Waals surface area contributed by atoms with E-state index in [2.05, 4.69) is 21.2 Å². The Labute approximate surface area is 121 Å². The van der Waals surface area contributed by atoms with Crippen molar-refractivity contribution in [1.29, 1.82) is 0 Å². The lowest BCUT2D eigenvalue weighted by molar-refractivity contribution is 0.199. The topological polar surface area (TPSA) is 32.3 Å². The lowest BCUT2D eigenvalue weighted by Gasteiger charge is -2.20. The number of nitrogens with one attached hydrogen (secondary N) is 1. The average molecular weight is 329 g/mol. The van der Waals surface area contributed by atoms with Crippen molar-refractivity contribution in [3.63, 3.8) is 0 Å². The van der Waals surface area contributed by atoms with E-state index in [9.17, 15) is 9.18 Å². The Morgan fingerprint density at radius 3 is 2.63 bits per heavy atom. The van der Waals surface area contributed by atoms with Gasteiger partial charge >= 0.3 is 6.03 Å². The minimum atomic E-state index is -0.292. The van der Waals surface area contributed by atoms with Crippen LogP contribution in [0.15, 0.2) is 22.7 Å². The number of likely N-dealkylation sites (tertiary alicyclic amines) is 1. The van der Waals surface area contributed by atoms with Gasteiger partial charge in [-0.3, -0.25) is 0 Å². The highest BCUT2D eigenvalue weighted by atomic mass is 79.9. The minimum absolute atomic E-state index is 0.0960. The molecule has 0 radical (unpaired) electrons. The second kappa shape index (κ2) is 6.89. The number of halogens is 2. The lowest BCUT2D eigenvalue weighted by Crippen LogP contribution is -2.40. The quantitative estimate of drug-likeness (QED) is 0.882. The summed E-state index contributed by atoms with van der Waals surface area (Å²) in [6, 6.07) is 4.65. The van der Waals surface area contributed by atoms with Crippen LogP contribution in [0.1, 0.15) is 31.2 Å². The lowest BCUT2D eigenvalue weighted by atomic mass is 10.2. The Hall–Kier alpha value is -1.10. The molecule has 19 heavy (non-hydrogen) atoms. The van der Waals surface area contributed by atoms with Gasteiger partial charge < -0.3 is 10.2 Å². The normalized spacial score (nSPS) is 16.0. The number of hydrogen-bond acceptors (Lipinski definition) is 1. The molecule has 104 valence electrons. The zero-order valence-corrected chi connectivity index (χ0v) is 12.4. The third-order valence-corrected chi connectivity index (χ3v) is 3.82. The van der Waals surface area contributed by atoms with Crippen LogP contribution in [0.25, 0.3) is 0 Å². The molecule has 2 amide bonds. The molecule has 0 atom stereocenters. The molecular formula is C14H18BrFN2O. The molecule has 0 unspecified atom stereocenters. The predicted octanol–water partition coefficient (Wildman–Crippen LogP) is 3.67. The number of benzene rings is 1. The van der Waals surface area contributed by atoms with Crippen molar-refractivity contribution >= 4 is 22.0 Å². The summed E-state index contributed by atoms with van der Waals surface area (Å²) in [5.74, 6) is -0.292. The molecule has 0 spiro atoms. The first-order valence-electron chi connectivity index (χ1n) is 6.63. The van der Waals surface area contributed by atoms with Gasteiger partial charge in [-0.2, -0.15) is 0 Å². The molecule has 1 aliphatic heterocycles. The number of nitrogens with zero attached hydrogens (tertiary/aromatic N) is 1. The zero-order chi connectivity index (χ0) is 13.7. The van der Waals surface area contributed by atoms with Crippen LogP contribution in [-0.2, 0) is 6.54 Å². The monoisotopic (exact) mass is 328 g/mol. The van der Waals surface area contributed by atoms with E-state index in [4.69, 9.17) is 0 Å². The van der Waals surface area contributed by atoms with Crippen molar-refractivity contribution < 1.29 is 9.18 Å². The van der Waals surface area contributed by atoms with Gasteiger partial charge in [0.15, 0.2) is 0 Å². The van der Waals surface area contributed by atoms with Crippen LogP contribution in [0, 0.1) is 5.82 Å². The van der Waals surface area contributed by atoms with Gasteiger partial charge in [-0.15, -0.1) is 0 Å². The van der Waals surface area contributed by atoms with Gasteiger partial charge in [-0.1, -0.05) is 28.8 Å². The predicted molar refractivity (Wildman–Crippen MR) is 76.4 cm³/mol. The van der Waals surface area contributed by atoms with E-state index in [0.717, 1.165) is 30.4 Å². The molecule has 2 rings (SSSR count). The van der Waals surface area contributed by atoms with Crippen LogP contribution in [-0.4, -0.2) is 24.0 Å². The molecular weight excluding hydrogens is 311 g/mol. The molecule has 1 aromatic rings. The van der Waals surface area contributed by atoms with Gasteiger partial charge in [0.25, 0.3) is 0 Å².